The smallest absolute Gasteiger partial charge is 0.250 e. The molecule has 0 unspecified atom stereocenters. The first-order valence-electron chi connectivity index (χ1n) is 9.31. The Kier molecular flexibility index (Phi) is 5.46. The quantitative estimate of drug-likeness (QED) is 0.822. The van der Waals surface area contributed by atoms with Crippen LogP contribution in [0.5, 0.6) is 0 Å². The van der Waals surface area contributed by atoms with Crippen molar-refractivity contribution < 1.29 is 14.7 Å². The van der Waals surface area contributed by atoms with Gasteiger partial charge in [0, 0.05) is 50.9 Å². The van der Waals surface area contributed by atoms with Crippen molar-refractivity contribution in [2.75, 3.05) is 32.8 Å². The fourth-order valence-electron chi connectivity index (χ4n) is 4.23. The second kappa shape index (κ2) is 7.61. The SMILES string of the molecule is Cc1cccc(=O)n1CCC(=O)N1CC[C@]2(CCCN(CCO)C2=O)C1. The van der Waals surface area contributed by atoms with Gasteiger partial charge in [-0.05, 0) is 32.3 Å². The molecule has 1 N–H and O–H groups in total. The Labute approximate surface area is 153 Å². The van der Waals surface area contributed by atoms with Crippen molar-refractivity contribution in [2.24, 2.45) is 5.41 Å². The van der Waals surface area contributed by atoms with Crippen molar-refractivity contribution in [1.29, 1.82) is 0 Å². The maximum absolute atomic E-state index is 12.8. The molecule has 7 nitrogen and oxygen atoms in total. The third-order valence-corrected chi connectivity index (χ3v) is 5.72. The summed E-state index contributed by atoms with van der Waals surface area (Å²) in [7, 11) is 0. The monoisotopic (exact) mass is 361 g/mol. The summed E-state index contributed by atoms with van der Waals surface area (Å²) >= 11 is 0. The lowest BCUT2D eigenvalue weighted by molar-refractivity contribution is -0.146. The minimum atomic E-state index is -0.484. The van der Waals surface area contributed by atoms with Gasteiger partial charge >= 0.3 is 0 Å². The van der Waals surface area contributed by atoms with E-state index < -0.39 is 5.41 Å². The Bertz CT molecular complexity index is 743. The van der Waals surface area contributed by atoms with E-state index in [0.717, 1.165) is 18.5 Å². The maximum atomic E-state index is 12.8. The summed E-state index contributed by atoms with van der Waals surface area (Å²) in [5.41, 5.74) is 0.255. The number of β-amino-alcohol motifs (C(OH)–C–C–N with tert-alkyl or cyclic N) is 1. The van der Waals surface area contributed by atoms with Gasteiger partial charge in [-0.25, -0.2) is 0 Å². The number of carbonyl (C=O) groups excluding carboxylic acids is 2. The van der Waals surface area contributed by atoms with Crippen LogP contribution in [-0.2, 0) is 16.1 Å². The Hall–Kier alpha value is -2.15. The second-order valence-corrected chi connectivity index (χ2v) is 7.37. The summed E-state index contributed by atoms with van der Waals surface area (Å²) in [6.07, 6.45) is 2.65. The summed E-state index contributed by atoms with van der Waals surface area (Å²) in [5.74, 6) is 0.0623. The molecule has 0 aliphatic carbocycles. The third kappa shape index (κ3) is 3.53. The zero-order valence-electron chi connectivity index (χ0n) is 15.3. The highest BCUT2D eigenvalue weighted by Crippen LogP contribution is 2.40. The lowest BCUT2D eigenvalue weighted by Crippen LogP contribution is -2.51. The van der Waals surface area contributed by atoms with Crippen molar-refractivity contribution >= 4 is 11.8 Å². The first-order valence-corrected chi connectivity index (χ1v) is 9.31. The Morgan fingerprint density at radius 3 is 2.73 bits per heavy atom. The van der Waals surface area contributed by atoms with E-state index in [1.165, 1.54) is 6.07 Å². The number of aryl methyl sites for hydroxylation is 1. The van der Waals surface area contributed by atoms with E-state index in [0.29, 0.717) is 39.1 Å². The van der Waals surface area contributed by atoms with E-state index >= 15 is 0 Å². The van der Waals surface area contributed by atoms with Crippen LogP contribution in [0.2, 0.25) is 0 Å². The number of hydrogen-bond acceptors (Lipinski definition) is 4. The number of pyridine rings is 1. The van der Waals surface area contributed by atoms with Crippen LogP contribution in [0, 0.1) is 12.3 Å². The van der Waals surface area contributed by atoms with Crippen LogP contribution in [0.15, 0.2) is 23.0 Å². The molecule has 7 heteroatoms. The largest absolute Gasteiger partial charge is 0.395 e. The van der Waals surface area contributed by atoms with Gasteiger partial charge in [0.2, 0.25) is 11.8 Å². The van der Waals surface area contributed by atoms with Crippen molar-refractivity contribution in [3.63, 3.8) is 0 Å². The normalized spacial score (nSPS) is 23.1. The number of likely N-dealkylation sites (tertiary alicyclic amines) is 2. The molecule has 1 spiro atoms. The molecule has 3 heterocycles. The first-order chi connectivity index (χ1) is 12.5. The number of aromatic nitrogens is 1. The van der Waals surface area contributed by atoms with E-state index in [-0.39, 0.29) is 30.4 Å². The molecule has 2 fully saturated rings. The molecule has 2 aliphatic heterocycles. The van der Waals surface area contributed by atoms with Crippen molar-refractivity contribution in [2.45, 2.75) is 39.2 Å². The van der Waals surface area contributed by atoms with E-state index in [4.69, 9.17) is 5.11 Å². The highest BCUT2D eigenvalue weighted by Gasteiger charge is 2.49. The van der Waals surface area contributed by atoms with Crippen molar-refractivity contribution in [1.82, 2.24) is 14.4 Å². The van der Waals surface area contributed by atoms with Gasteiger partial charge in [0.05, 0.1) is 12.0 Å². The highest BCUT2D eigenvalue weighted by atomic mass is 16.3. The topological polar surface area (TPSA) is 82.8 Å². The van der Waals surface area contributed by atoms with Gasteiger partial charge < -0.3 is 19.5 Å². The number of carbonyl (C=O) groups is 2. The molecule has 0 radical (unpaired) electrons. The van der Waals surface area contributed by atoms with Crippen LogP contribution in [0.25, 0.3) is 0 Å². The number of piperidine rings is 1. The lowest BCUT2D eigenvalue weighted by Gasteiger charge is -2.39. The van der Waals surface area contributed by atoms with Crippen LogP contribution in [-0.4, -0.2) is 64.1 Å². The number of hydrogen-bond donors (Lipinski definition) is 1. The summed E-state index contributed by atoms with van der Waals surface area (Å²) < 4.78 is 1.61. The molecule has 1 aromatic heterocycles. The van der Waals surface area contributed by atoms with Crippen LogP contribution in [0.3, 0.4) is 0 Å². The van der Waals surface area contributed by atoms with E-state index in [9.17, 15) is 14.4 Å². The zero-order valence-corrected chi connectivity index (χ0v) is 15.3. The van der Waals surface area contributed by atoms with Crippen LogP contribution < -0.4 is 5.56 Å². The molecule has 26 heavy (non-hydrogen) atoms. The molecule has 1 aromatic rings. The van der Waals surface area contributed by atoms with Gasteiger partial charge in [0.15, 0.2) is 0 Å². The Morgan fingerprint density at radius 1 is 1.19 bits per heavy atom. The Balaban J connectivity index is 1.62. The number of aliphatic hydroxyl groups is 1. The molecule has 2 saturated heterocycles. The molecule has 0 bridgehead atoms. The fourth-order valence-corrected chi connectivity index (χ4v) is 4.23. The number of nitrogens with zero attached hydrogens (tertiary/aromatic N) is 3. The molecular weight excluding hydrogens is 334 g/mol. The molecule has 0 aromatic carbocycles. The highest BCUT2D eigenvalue weighted by molar-refractivity contribution is 5.86. The van der Waals surface area contributed by atoms with E-state index in [2.05, 4.69) is 0 Å². The standard InChI is InChI=1S/C19H27N3O4/c1-15-4-2-5-17(25)22(15)10-6-16(24)21-11-8-19(14-21)7-3-9-20(12-13-23)18(19)26/h2,4-5,23H,3,6-14H2,1H3/t19-/m1/s1. The molecule has 0 saturated carbocycles. The summed E-state index contributed by atoms with van der Waals surface area (Å²) in [6, 6.07) is 5.07. The zero-order chi connectivity index (χ0) is 18.7. The maximum Gasteiger partial charge on any atom is 0.250 e. The minimum absolute atomic E-state index is 0.0101. The van der Waals surface area contributed by atoms with Crippen LogP contribution in [0.4, 0.5) is 0 Å². The Morgan fingerprint density at radius 2 is 2.00 bits per heavy atom. The lowest BCUT2D eigenvalue weighted by atomic mass is 9.78. The van der Waals surface area contributed by atoms with Crippen LogP contribution in [0.1, 0.15) is 31.4 Å². The summed E-state index contributed by atoms with van der Waals surface area (Å²) in [5, 5.41) is 9.14. The van der Waals surface area contributed by atoms with E-state index in [1.807, 2.05) is 13.0 Å². The van der Waals surface area contributed by atoms with Gasteiger partial charge in [0.1, 0.15) is 0 Å². The fraction of sp³-hybridized carbons (Fsp3) is 0.632. The van der Waals surface area contributed by atoms with Gasteiger partial charge in [0.25, 0.3) is 5.56 Å². The summed E-state index contributed by atoms with van der Waals surface area (Å²) in [6.45, 7) is 4.27. The van der Waals surface area contributed by atoms with E-state index in [1.54, 1.807) is 20.4 Å². The molecule has 3 rings (SSSR count). The van der Waals surface area contributed by atoms with Gasteiger partial charge in [-0.1, -0.05) is 6.07 Å². The second-order valence-electron chi connectivity index (χ2n) is 7.37. The van der Waals surface area contributed by atoms with Gasteiger partial charge in [-0.15, -0.1) is 0 Å². The third-order valence-electron chi connectivity index (χ3n) is 5.72. The van der Waals surface area contributed by atoms with Gasteiger partial charge in [-0.2, -0.15) is 0 Å². The first kappa shape index (κ1) is 18.6. The summed E-state index contributed by atoms with van der Waals surface area (Å²) in [4.78, 5) is 40.9. The van der Waals surface area contributed by atoms with Gasteiger partial charge in [-0.3, -0.25) is 14.4 Å². The number of amides is 2. The average molecular weight is 361 g/mol. The molecule has 142 valence electrons. The number of rotatable bonds is 5. The minimum Gasteiger partial charge on any atom is -0.395 e. The van der Waals surface area contributed by atoms with Crippen molar-refractivity contribution in [3.05, 3.63) is 34.2 Å². The van der Waals surface area contributed by atoms with Crippen LogP contribution >= 0.6 is 0 Å². The van der Waals surface area contributed by atoms with Crippen molar-refractivity contribution in [3.8, 4) is 0 Å². The molecule has 1 atom stereocenters. The predicted octanol–water partition coefficient (Wildman–Crippen LogP) is 0.380. The number of aliphatic hydroxyl groups excluding tert-OH is 1. The molecule has 2 amide bonds. The molecule has 2 aliphatic rings. The molecular formula is C19H27N3O4. The average Bonchev–Trinajstić information content (AvgIpc) is 3.04. The predicted molar refractivity (Wildman–Crippen MR) is 96.6 cm³/mol.